The maximum Gasteiger partial charge on any atom is 0.407 e. The van der Waals surface area contributed by atoms with Gasteiger partial charge in [0.1, 0.15) is 6.26 Å². The molecule has 8 nitrogen and oxygen atoms in total. The molecule has 1 aromatic carbocycles. The molecule has 0 spiro atoms. The molecule has 2 N–H and O–H groups in total. The zero-order valence-electron chi connectivity index (χ0n) is 17.5. The molecule has 8 heteroatoms. The summed E-state index contributed by atoms with van der Waals surface area (Å²) in [5.74, 6) is 0.375. The Balaban J connectivity index is 1.76. The normalized spacial score (nSPS) is 20.5. The van der Waals surface area contributed by atoms with Gasteiger partial charge in [0.05, 0.1) is 23.9 Å². The van der Waals surface area contributed by atoms with Crippen LogP contribution in [0.25, 0.3) is 22.6 Å². The van der Waals surface area contributed by atoms with Crippen molar-refractivity contribution in [1.82, 2.24) is 14.5 Å². The van der Waals surface area contributed by atoms with Crippen molar-refractivity contribution in [2.24, 2.45) is 5.41 Å². The summed E-state index contributed by atoms with van der Waals surface area (Å²) in [4.78, 5) is 30.0. The fourth-order valence-electron chi connectivity index (χ4n) is 4.18. The smallest absolute Gasteiger partial charge is 0.407 e. The van der Waals surface area contributed by atoms with Gasteiger partial charge in [0.25, 0.3) is 5.56 Å². The number of benzene rings is 1. The first-order valence-corrected chi connectivity index (χ1v) is 10.1. The highest BCUT2D eigenvalue weighted by Crippen LogP contribution is 2.40. The molecule has 1 fully saturated rings. The topological polar surface area (TPSA) is 109 Å². The van der Waals surface area contributed by atoms with Crippen molar-refractivity contribution in [3.8, 4) is 22.6 Å². The van der Waals surface area contributed by atoms with Crippen molar-refractivity contribution in [2.75, 3.05) is 13.1 Å². The van der Waals surface area contributed by atoms with Gasteiger partial charge in [-0.25, -0.2) is 9.78 Å². The Kier molecular flexibility index (Phi) is 5.18. The molecule has 0 saturated carbocycles. The minimum Gasteiger partial charge on any atom is -0.465 e. The van der Waals surface area contributed by atoms with Crippen molar-refractivity contribution in [3.63, 3.8) is 0 Å². The number of hydrogen-bond acceptors (Lipinski definition) is 5. The molecule has 1 aliphatic heterocycles. The molecule has 1 aliphatic rings. The van der Waals surface area contributed by atoms with Crippen molar-refractivity contribution in [2.45, 2.75) is 32.4 Å². The third-order valence-electron chi connectivity index (χ3n) is 6.22. The second-order valence-corrected chi connectivity index (χ2v) is 8.64. The highest BCUT2D eigenvalue weighted by Gasteiger charge is 2.49. The van der Waals surface area contributed by atoms with Gasteiger partial charge in [-0.2, -0.15) is 0 Å². The number of carbonyl (C=O) groups is 1. The van der Waals surface area contributed by atoms with E-state index in [4.69, 9.17) is 4.42 Å². The largest absolute Gasteiger partial charge is 0.465 e. The maximum absolute atomic E-state index is 13.0. The number of oxazole rings is 1. The van der Waals surface area contributed by atoms with Gasteiger partial charge >= 0.3 is 6.09 Å². The van der Waals surface area contributed by atoms with Crippen LogP contribution in [0.15, 0.2) is 64.3 Å². The zero-order valence-corrected chi connectivity index (χ0v) is 17.5. The van der Waals surface area contributed by atoms with E-state index in [0.717, 1.165) is 5.56 Å². The molecule has 0 aliphatic carbocycles. The highest BCUT2D eigenvalue weighted by atomic mass is 16.4. The molecule has 1 unspecified atom stereocenters. The van der Waals surface area contributed by atoms with Crippen LogP contribution in [-0.4, -0.2) is 49.4 Å². The molecule has 162 valence electrons. The van der Waals surface area contributed by atoms with Crippen molar-refractivity contribution in [1.29, 1.82) is 0 Å². The third kappa shape index (κ3) is 3.86. The van der Waals surface area contributed by atoms with Crippen LogP contribution in [0.2, 0.25) is 0 Å². The standard InChI is InChI=1S/C23H25N3O5/c1-22(2)14-25(21(28)29)10-8-23(22,30)15-26-13-18(20-24-9-11-31-20)17(12-19(26)27)16-6-4-3-5-7-16/h3-7,9,11-13,30H,8,10,14-15H2,1-2H3,(H,28,29). The van der Waals surface area contributed by atoms with E-state index in [1.165, 1.54) is 28.0 Å². The first kappa shape index (κ1) is 20.9. The van der Waals surface area contributed by atoms with Gasteiger partial charge < -0.3 is 24.1 Å². The summed E-state index contributed by atoms with van der Waals surface area (Å²) in [6.45, 7) is 4.07. The minimum atomic E-state index is -1.26. The second kappa shape index (κ2) is 7.70. The number of likely N-dealkylation sites (tertiary alicyclic amines) is 1. The average Bonchev–Trinajstić information content (AvgIpc) is 3.26. The number of aromatic nitrogens is 2. The molecular weight excluding hydrogens is 398 g/mol. The lowest BCUT2D eigenvalue weighted by molar-refractivity contribution is -0.123. The Morgan fingerprint density at radius 1 is 1.23 bits per heavy atom. The van der Waals surface area contributed by atoms with Gasteiger partial charge in [0, 0.05) is 36.3 Å². The first-order valence-electron chi connectivity index (χ1n) is 10.1. The molecule has 2 aromatic heterocycles. The van der Waals surface area contributed by atoms with Crippen LogP contribution in [0.5, 0.6) is 0 Å². The molecule has 1 saturated heterocycles. The first-order chi connectivity index (χ1) is 14.7. The Labute approximate surface area is 179 Å². The summed E-state index contributed by atoms with van der Waals surface area (Å²) >= 11 is 0. The van der Waals surface area contributed by atoms with Crippen molar-refractivity contribution in [3.05, 3.63) is 65.4 Å². The predicted octanol–water partition coefficient (Wildman–Crippen LogP) is 3.31. The maximum atomic E-state index is 13.0. The van der Waals surface area contributed by atoms with Gasteiger partial charge in [0.15, 0.2) is 0 Å². The van der Waals surface area contributed by atoms with E-state index in [0.29, 0.717) is 17.0 Å². The molecule has 4 rings (SSSR count). The van der Waals surface area contributed by atoms with Gasteiger partial charge in [-0.1, -0.05) is 44.2 Å². The predicted molar refractivity (Wildman–Crippen MR) is 115 cm³/mol. The minimum absolute atomic E-state index is 0.0368. The molecular formula is C23H25N3O5. The van der Waals surface area contributed by atoms with Gasteiger partial charge in [-0.15, -0.1) is 0 Å². The van der Waals surface area contributed by atoms with Gasteiger partial charge in [0.2, 0.25) is 5.89 Å². The van der Waals surface area contributed by atoms with E-state index in [9.17, 15) is 19.8 Å². The third-order valence-corrected chi connectivity index (χ3v) is 6.22. The van der Waals surface area contributed by atoms with Crippen LogP contribution in [0.4, 0.5) is 4.79 Å². The van der Waals surface area contributed by atoms with Crippen LogP contribution in [0, 0.1) is 5.41 Å². The van der Waals surface area contributed by atoms with E-state index in [-0.39, 0.29) is 31.6 Å². The van der Waals surface area contributed by atoms with Crippen molar-refractivity contribution < 1.29 is 19.4 Å². The monoisotopic (exact) mass is 423 g/mol. The lowest BCUT2D eigenvalue weighted by atomic mass is 9.70. The summed E-state index contributed by atoms with van der Waals surface area (Å²) in [7, 11) is 0. The molecule has 3 aromatic rings. The number of piperidine rings is 1. The lowest BCUT2D eigenvalue weighted by Gasteiger charge is -2.49. The number of nitrogens with zero attached hydrogens (tertiary/aromatic N) is 3. The molecule has 0 radical (unpaired) electrons. The SMILES string of the molecule is CC1(C)CN(C(=O)O)CCC1(O)Cn1cc(-c2ncco2)c(-c2ccccc2)cc1=O. The number of amides is 1. The van der Waals surface area contributed by atoms with E-state index in [2.05, 4.69) is 4.98 Å². The molecule has 31 heavy (non-hydrogen) atoms. The summed E-state index contributed by atoms with van der Waals surface area (Å²) in [5, 5.41) is 20.8. The Morgan fingerprint density at radius 2 is 1.97 bits per heavy atom. The van der Waals surface area contributed by atoms with Crippen LogP contribution in [0.3, 0.4) is 0 Å². The second-order valence-electron chi connectivity index (χ2n) is 8.64. The van der Waals surface area contributed by atoms with Crippen molar-refractivity contribution >= 4 is 6.09 Å². The van der Waals surface area contributed by atoms with E-state index in [1.807, 2.05) is 44.2 Å². The number of hydrogen-bond donors (Lipinski definition) is 2. The van der Waals surface area contributed by atoms with Gasteiger partial charge in [-0.3, -0.25) is 4.79 Å². The summed E-state index contributed by atoms with van der Waals surface area (Å²) in [6.07, 6.45) is 3.89. The highest BCUT2D eigenvalue weighted by molar-refractivity contribution is 5.79. The van der Waals surface area contributed by atoms with Crippen LogP contribution in [0.1, 0.15) is 20.3 Å². The molecule has 3 heterocycles. The van der Waals surface area contributed by atoms with Gasteiger partial charge in [-0.05, 0) is 12.0 Å². The molecule has 1 amide bonds. The Bertz CT molecular complexity index is 1140. The van der Waals surface area contributed by atoms with E-state index >= 15 is 0 Å². The van der Waals surface area contributed by atoms with Crippen LogP contribution in [-0.2, 0) is 6.54 Å². The zero-order chi connectivity index (χ0) is 22.2. The number of pyridine rings is 1. The Morgan fingerprint density at radius 3 is 2.58 bits per heavy atom. The van der Waals surface area contributed by atoms with E-state index in [1.54, 1.807) is 6.20 Å². The summed E-state index contributed by atoms with van der Waals surface area (Å²) in [5.41, 5.74) is -0.0842. The number of aliphatic hydroxyl groups is 1. The lowest BCUT2D eigenvalue weighted by Crippen LogP contribution is -2.60. The molecule has 0 bridgehead atoms. The van der Waals surface area contributed by atoms with Crippen LogP contribution < -0.4 is 5.56 Å². The summed E-state index contributed by atoms with van der Waals surface area (Å²) < 4.78 is 6.97. The van der Waals surface area contributed by atoms with E-state index < -0.39 is 17.1 Å². The number of rotatable bonds is 4. The average molecular weight is 423 g/mol. The fraction of sp³-hybridized carbons (Fsp3) is 0.348. The van der Waals surface area contributed by atoms with Crippen LogP contribution >= 0.6 is 0 Å². The molecule has 1 atom stereocenters. The Hall–Kier alpha value is -3.39. The quantitative estimate of drug-likeness (QED) is 0.666. The summed E-state index contributed by atoms with van der Waals surface area (Å²) in [6, 6.07) is 11.0. The fourth-order valence-corrected chi connectivity index (χ4v) is 4.18. The number of carboxylic acid groups (broad SMARTS) is 1.